The summed E-state index contributed by atoms with van der Waals surface area (Å²) in [7, 11) is 0. The number of rotatable bonds is 4. The molecule has 0 spiro atoms. The molecular weight excluding hydrogens is 244 g/mol. The monoisotopic (exact) mass is 266 g/mol. The quantitative estimate of drug-likeness (QED) is 0.824. The average molecular weight is 266 g/mol. The Morgan fingerprint density at radius 2 is 2.11 bits per heavy atom. The molecule has 1 aliphatic carbocycles. The lowest BCUT2D eigenvalue weighted by atomic mass is 10.1. The van der Waals surface area contributed by atoms with Crippen LogP contribution in [0.25, 0.3) is 0 Å². The summed E-state index contributed by atoms with van der Waals surface area (Å²) in [6.45, 7) is 9.37. The Bertz CT molecular complexity index is 506. The Labute approximate surface area is 113 Å². The number of carbonyl (C=O) groups excluding carboxylic acids is 1. The molecule has 1 amide bonds. The lowest BCUT2D eigenvalue weighted by molar-refractivity contribution is -0.118. The Morgan fingerprint density at radius 1 is 1.44 bits per heavy atom. The molecule has 0 N–H and O–H groups in total. The topological polar surface area (TPSA) is 34.4 Å². The minimum absolute atomic E-state index is 0.01000. The molecule has 0 unspecified atom stereocenters. The van der Waals surface area contributed by atoms with Gasteiger partial charge < -0.3 is 4.57 Å². The van der Waals surface area contributed by atoms with Crippen LogP contribution in [0.4, 0.5) is 0 Å². The van der Waals surface area contributed by atoms with Gasteiger partial charge in [0, 0.05) is 23.5 Å². The van der Waals surface area contributed by atoms with Crippen molar-refractivity contribution in [2.24, 2.45) is 16.8 Å². The van der Waals surface area contributed by atoms with Gasteiger partial charge in [-0.15, -0.1) is 11.3 Å². The number of hydrogen-bond acceptors (Lipinski definition) is 2. The number of amides is 1. The maximum Gasteiger partial charge on any atom is 0.248 e. The first-order valence-corrected chi connectivity index (χ1v) is 7.53. The van der Waals surface area contributed by atoms with Crippen molar-refractivity contribution >= 4 is 17.2 Å². The Hall–Kier alpha value is -0.900. The molecule has 0 bridgehead atoms. The molecule has 18 heavy (non-hydrogen) atoms. The standard InChI is InChI=1S/C14H22N2OS/c1-9(2)7-13(17)15-14-16(8-12-5-6-12)10(3)11(4)18-14/h9,12H,5-8H2,1-4H3. The highest BCUT2D eigenvalue weighted by Gasteiger charge is 2.23. The van der Waals surface area contributed by atoms with Gasteiger partial charge in [-0.05, 0) is 38.5 Å². The van der Waals surface area contributed by atoms with Gasteiger partial charge in [-0.1, -0.05) is 13.8 Å². The van der Waals surface area contributed by atoms with E-state index in [1.54, 1.807) is 11.3 Å². The molecule has 0 atom stereocenters. The van der Waals surface area contributed by atoms with Crippen LogP contribution in [0.3, 0.4) is 0 Å². The molecule has 3 nitrogen and oxygen atoms in total. The van der Waals surface area contributed by atoms with Crippen LogP contribution in [0.15, 0.2) is 4.99 Å². The first-order valence-electron chi connectivity index (χ1n) is 6.71. The van der Waals surface area contributed by atoms with Crippen molar-refractivity contribution in [3.05, 3.63) is 15.4 Å². The zero-order valence-corrected chi connectivity index (χ0v) is 12.5. The highest BCUT2D eigenvalue weighted by molar-refractivity contribution is 7.09. The molecule has 1 saturated carbocycles. The molecule has 4 heteroatoms. The highest BCUT2D eigenvalue weighted by Crippen LogP contribution is 2.31. The summed E-state index contributed by atoms with van der Waals surface area (Å²) in [5, 5.41) is 0. The normalized spacial score (nSPS) is 16.6. The van der Waals surface area contributed by atoms with Crippen LogP contribution in [0.5, 0.6) is 0 Å². The van der Waals surface area contributed by atoms with Crippen molar-refractivity contribution < 1.29 is 4.79 Å². The summed E-state index contributed by atoms with van der Waals surface area (Å²) in [5.41, 5.74) is 1.27. The zero-order chi connectivity index (χ0) is 13.3. The van der Waals surface area contributed by atoms with Gasteiger partial charge in [0.05, 0.1) is 0 Å². The van der Waals surface area contributed by atoms with Crippen molar-refractivity contribution in [2.75, 3.05) is 0 Å². The zero-order valence-electron chi connectivity index (χ0n) is 11.7. The SMILES string of the molecule is Cc1sc(=NC(=O)CC(C)C)n(CC2CC2)c1C. The fourth-order valence-electron chi connectivity index (χ4n) is 1.96. The van der Waals surface area contributed by atoms with E-state index >= 15 is 0 Å². The van der Waals surface area contributed by atoms with E-state index in [1.165, 1.54) is 23.4 Å². The van der Waals surface area contributed by atoms with Gasteiger partial charge in [0.15, 0.2) is 4.80 Å². The van der Waals surface area contributed by atoms with E-state index in [2.05, 4.69) is 37.3 Å². The molecule has 100 valence electrons. The van der Waals surface area contributed by atoms with E-state index in [9.17, 15) is 4.79 Å². The molecule has 1 aliphatic rings. The third kappa shape index (κ3) is 3.31. The molecule has 2 rings (SSSR count). The minimum atomic E-state index is 0.01000. The number of aromatic nitrogens is 1. The maximum atomic E-state index is 11.8. The minimum Gasteiger partial charge on any atom is -0.320 e. The second kappa shape index (κ2) is 5.39. The van der Waals surface area contributed by atoms with Crippen molar-refractivity contribution in [1.82, 2.24) is 4.57 Å². The Balaban J connectivity index is 2.27. The van der Waals surface area contributed by atoms with Gasteiger partial charge in [-0.3, -0.25) is 4.79 Å². The van der Waals surface area contributed by atoms with Crippen LogP contribution in [0.1, 0.15) is 43.7 Å². The lowest BCUT2D eigenvalue weighted by Crippen LogP contribution is -2.19. The molecular formula is C14H22N2OS. The lowest BCUT2D eigenvalue weighted by Gasteiger charge is -2.04. The first-order chi connectivity index (χ1) is 8.47. The molecule has 0 aliphatic heterocycles. The van der Waals surface area contributed by atoms with Crippen molar-refractivity contribution in [3.63, 3.8) is 0 Å². The molecule has 1 heterocycles. The van der Waals surface area contributed by atoms with Crippen LogP contribution in [0, 0.1) is 25.7 Å². The molecule has 0 saturated heterocycles. The second-order valence-corrected chi connectivity index (χ2v) is 6.87. The molecule has 0 aromatic carbocycles. The van der Waals surface area contributed by atoms with Crippen LogP contribution < -0.4 is 4.80 Å². The molecule has 1 aromatic heterocycles. The van der Waals surface area contributed by atoms with Gasteiger partial charge in [-0.25, -0.2) is 0 Å². The summed E-state index contributed by atoms with van der Waals surface area (Å²) in [6, 6.07) is 0. The van der Waals surface area contributed by atoms with E-state index < -0.39 is 0 Å². The van der Waals surface area contributed by atoms with Crippen molar-refractivity contribution in [1.29, 1.82) is 0 Å². The number of thiazole rings is 1. The summed E-state index contributed by atoms with van der Waals surface area (Å²) in [4.78, 5) is 18.3. The van der Waals surface area contributed by atoms with Crippen LogP contribution in [0.2, 0.25) is 0 Å². The highest BCUT2D eigenvalue weighted by atomic mass is 32.1. The maximum absolute atomic E-state index is 11.8. The van der Waals surface area contributed by atoms with Crippen molar-refractivity contribution in [3.8, 4) is 0 Å². The number of hydrogen-bond donors (Lipinski definition) is 0. The molecule has 1 fully saturated rings. The smallest absolute Gasteiger partial charge is 0.248 e. The fourth-order valence-corrected chi connectivity index (χ4v) is 2.96. The van der Waals surface area contributed by atoms with Crippen LogP contribution >= 0.6 is 11.3 Å². The molecule has 1 aromatic rings. The largest absolute Gasteiger partial charge is 0.320 e. The van der Waals surface area contributed by atoms with Gasteiger partial charge in [0.2, 0.25) is 5.91 Å². The second-order valence-electron chi connectivity index (χ2n) is 5.68. The van der Waals surface area contributed by atoms with E-state index in [1.807, 2.05) is 0 Å². The van der Waals surface area contributed by atoms with E-state index in [4.69, 9.17) is 0 Å². The summed E-state index contributed by atoms with van der Waals surface area (Å²) in [5.74, 6) is 1.19. The number of aryl methyl sites for hydroxylation is 1. The summed E-state index contributed by atoms with van der Waals surface area (Å²) < 4.78 is 2.23. The number of nitrogens with zero attached hydrogens (tertiary/aromatic N) is 2. The van der Waals surface area contributed by atoms with Crippen LogP contribution in [-0.4, -0.2) is 10.5 Å². The predicted molar refractivity (Wildman–Crippen MR) is 74.5 cm³/mol. The third-order valence-electron chi connectivity index (χ3n) is 3.33. The Morgan fingerprint density at radius 3 is 2.67 bits per heavy atom. The Kier molecular flexibility index (Phi) is 4.05. The fraction of sp³-hybridized carbons (Fsp3) is 0.714. The van der Waals surface area contributed by atoms with Crippen molar-refractivity contribution in [2.45, 2.75) is 53.5 Å². The predicted octanol–water partition coefficient (Wildman–Crippen LogP) is 3.05. The van der Waals surface area contributed by atoms with Gasteiger partial charge >= 0.3 is 0 Å². The van der Waals surface area contributed by atoms with E-state index in [0.717, 1.165) is 17.3 Å². The van der Waals surface area contributed by atoms with Crippen LogP contribution in [-0.2, 0) is 11.3 Å². The van der Waals surface area contributed by atoms with Gasteiger partial charge in [-0.2, -0.15) is 4.99 Å². The summed E-state index contributed by atoms with van der Waals surface area (Å²) >= 11 is 1.64. The van der Waals surface area contributed by atoms with E-state index in [-0.39, 0.29) is 5.91 Å². The molecule has 0 radical (unpaired) electrons. The first kappa shape index (κ1) is 13.5. The number of carbonyl (C=O) groups is 1. The van der Waals surface area contributed by atoms with Gasteiger partial charge in [0.25, 0.3) is 0 Å². The average Bonchev–Trinajstić information content (AvgIpc) is 3.02. The third-order valence-corrected chi connectivity index (χ3v) is 4.43. The summed E-state index contributed by atoms with van der Waals surface area (Å²) in [6.07, 6.45) is 3.18. The van der Waals surface area contributed by atoms with E-state index in [0.29, 0.717) is 12.3 Å². The van der Waals surface area contributed by atoms with Gasteiger partial charge in [0.1, 0.15) is 0 Å².